The molecule has 0 saturated carbocycles. The van der Waals surface area contributed by atoms with Gasteiger partial charge in [0.15, 0.2) is 0 Å². The number of azo groups is 2. The first kappa shape index (κ1) is 46.8. The van der Waals surface area contributed by atoms with Gasteiger partial charge in [-0.25, -0.2) is 8.42 Å². The molecule has 4 aromatic rings. The maximum Gasteiger partial charge on any atom is 1.00 e. The minimum Gasteiger partial charge on any atom is -0.744 e. The van der Waals surface area contributed by atoms with E-state index in [2.05, 4.69) is 29.8 Å². The first-order chi connectivity index (χ1) is 20.9. The molecule has 2 N–H and O–H groups in total. The van der Waals surface area contributed by atoms with Crippen molar-refractivity contribution in [2.75, 3.05) is 0 Å². The number of phenols is 2. The largest absolute Gasteiger partial charge is 1.00 e. The van der Waals surface area contributed by atoms with E-state index in [-0.39, 0.29) is 157 Å². The average molecular weight is 731 g/mol. The molecule has 16 nitrogen and oxygen atoms in total. The quantitative estimate of drug-likeness (QED) is 0.0363. The third-order valence-corrected chi connectivity index (χ3v) is 7.12. The van der Waals surface area contributed by atoms with Crippen molar-refractivity contribution in [1.29, 1.82) is 0 Å². The Bertz CT molecular complexity index is 1950. The number of benzene rings is 4. The van der Waals surface area contributed by atoms with Gasteiger partial charge in [-0.15, -0.1) is 0 Å². The van der Waals surface area contributed by atoms with Crippen LogP contribution in [0.25, 0.3) is 11.1 Å². The summed E-state index contributed by atoms with van der Waals surface area (Å²) in [5, 5.41) is 70.8. The third kappa shape index (κ3) is 12.5. The van der Waals surface area contributed by atoms with Crippen molar-refractivity contribution < 1.29 is 176 Å². The molecule has 0 aliphatic rings. The van der Waals surface area contributed by atoms with Gasteiger partial charge < -0.3 is 39.8 Å². The Morgan fingerprint density at radius 3 is 1.46 bits per heavy atom. The Balaban J connectivity index is 0.00000552. The monoisotopic (exact) mass is 730 g/mol. The molecule has 0 bridgehead atoms. The summed E-state index contributed by atoms with van der Waals surface area (Å²) in [5.41, 5.74) is -1.14. The Labute approximate surface area is 364 Å². The van der Waals surface area contributed by atoms with Crippen LogP contribution in [0.2, 0.25) is 0 Å². The predicted molar refractivity (Wildman–Crippen MR) is 141 cm³/mol. The molecule has 0 saturated heterocycles. The zero-order chi connectivity index (χ0) is 32.0. The van der Waals surface area contributed by atoms with Gasteiger partial charge in [0.05, 0.1) is 51.6 Å². The molecule has 0 heterocycles. The number of aromatic hydroxyl groups is 2. The van der Waals surface area contributed by atoms with Crippen molar-refractivity contribution in [3.05, 3.63) is 83.9 Å². The predicted octanol–water partition coefficient (Wildman–Crippen LogP) is -9.53. The van der Waals surface area contributed by atoms with E-state index in [9.17, 15) is 48.2 Å². The number of rotatable bonds is 11. The molecule has 226 valence electrons. The fourth-order valence-electron chi connectivity index (χ4n) is 3.65. The van der Waals surface area contributed by atoms with Gasteiger partial charge >= 0.3 is 118 Å². The molecule has 0 spiro atoms. The summed E-state index contributed by atoms with van der Waals surface area (Å²) >= 11 is 0.354. The number of hydrogen-bond acceptors (Lipinski definition) is 17. The fraction of sp³-hybridized carbons (Fsp3) is 0. The smallest absolute Gasteiger partial charge is 0.744 e. The molecule has 0 aliphatic carbocycles. The number of nitrogens with zero attached hydrogens (tertiary/aromatic N) is 4. The van der Waals surface area contributed by atoms with Gasteiger partial charge in [0.1, 0.15) is 21.6 Å². The Hall–Kier alpha value is -1.24. The van der Waals surface area contributed by atoms with Gasteiger partial charge in [0.25, 0.3) is 0 Å². The number of carboxylic acids is 2. The molecule has 0 fully saturated rings. The van der Waals surface area contributed by atoms with Crippen LogP contribution >= 0.6 is 12.0 Å². The van der Waals surface area contributed by atoms with E-state index >= 15 is 0 Å². The van der Waals surface area contributed by atoms with Crippen LogP contribution in [-0.2, 0) is 19.5 Å². The minimum absolute atomic E-state index is 0. The van der Waals surface area contributed by atoms with E-state index < -0.39 is 49.6 Å². The maximum atomic E-state index is 12.2. The normalized spacial score (nSPS) is 10.8. The molecule has 0 aromatic heterocycles. The Kier molecular flexibility index (Phi) is 20.7. The van der Waals surface area contributed by atoms with Crippen LogP contribution < -0.4 is 134 Å². The van der Waals surface area contributed by atoms with Crippen molar-refractivity contribution in [2.45, 2.75) is 9.79 Å². The molecule has 0 aliphatic heterocycles. The molecule has 4 aromatic carbocycles. The van der Waals surface area contributed by atoms with Crippen LogP contribution in [0.1, 0.15) is 20.7 Å². The summed E-state index contributed by atoms with van der Waals surface area (Å²) < 4.78 is 41.1. The summed E-state index contributed by atoms with van der Waals surface area (Å²) in [7, 11) is -5.15. The van der Waals surface area contributed by atoms with Crippen LogP contribution in [-0.4, -0.2) is 35.1 Å². The van der Waals surface area contributed by atoms with Crippen LogP contribution in [0.5, 0.6) is 11.5 Å². The minimum atomic E-state index is -5.15. The van der Waals surface area contributed by atoms with Gasteiger partial charge in [-0.2, -0.15) is 24.8 Å². The van der Waals surface area contributed by atoms with E-state index in [4.69, 9.17) is 0 Å². The molecular weight excluding hydrogens is 716 g/mol. The number of carbonyl (C=O) groups excluding carboxylic acids is 2. The second-order valence-corrected chi connectivity index (χ2v) is 10.5. The Morgan fingerprint density at radius 1 is 0.646 bits per heavy atom. The standard InChI is InChI=1S/C26H18N4O12S2.4Na/c31-21-7-3-13(9-19(21)25(33)34)27-29-15-1-5-17(23(11-15)43-42-41-37)18-6-2-16(12-24(18)44(38,39)40)30-28-14-4-8-22(32)20(10-14)26(35)36;;;;/h1-12,31-32,37H,(H,33,34)(H,35,36)(H,38,39,40);;;;/q;4*+1/p-4. The first-order valence-corrected chi connectivity index (χ1v) is 13.8. The second kappa shape index (κ2) is 21.2. The molecule has 48 heavy (non-hydrogen) atoms. The maximum absolute atomic E-state index is 12.2. The number of hydrogen-bond donors (Lipinski definition) is 2. The number of carbonyl (C=O) groups is 2. The summed E-state index contributed by atoms with van der Waals surface area (Å²) in [4.78, 5) is 21.5. The summed E-state index contributed by atoms with van der Waals surface area (Å²) in [6.45, 7) is 0. The van der Waals surface area contributed by atoms with Gasteiger partial charge in [0, 0.05) is 21.6 Å². The SMILES string of the molecule is O=C([O-])c1cc(N=Nc2ccc(-c3ccc(N=Nc4ccc(O)c(C(=O)[O-])c4)cc3S(=O)(=O)[O-])c(SOO[O-])c2)ccc1O.[Na+].[Na+].[Na+].[Na+]. The molecular formula is C26H14N4Na4O12S2. The Morgan fingerprint density at radius 2 is 1.04 bits per heavy atom. The van der Waals surface area contributed by atoms with E-state index in [0.29, 0.717) is 12.0 Å². The zero-order valence-corrected chi connectivity index (χ0v) is 35.1. The van der Waals surface area contributed by atoms with E-state index in [1.165, 1.54) is 42.5 Å². The molecule has 22 heteroatoms. The van der Waals surface area contributed by atoms with Gasteiger partial charge in [-0.1, -0.05) is 12.1 Å². The summed E-state index contributed by atoms with van der Waals surface area (Å²) in [6, 6.07) is 14.0. The van der Waals surface area contributed by atoms with E-state index in [0.717, 1.165) is 30.3 Å². The molecule has 4 rings (SSSR count). The summed E-state index contributed by atoms with van der Waals surface area (Å²) in [5.74, 6) is -4.41. The van der Waals surface area contributed by atoms with Crippen LogP contribution in [0.15, 0.2) is 103 Å². The molecule has 0 atom stereocenters. The molecule has 0 radical (unpaired) electrons. The third-order valence-electron chi connectivity index (χ3n) is 5.60. The van der Waals surface area contributed by atoms with Crippen LogP contribution in [0.3, 0.4) is 0 Å². The van der Waals surface area contributed by atoms with Crippen molar-refractivity contribution >= 4 is 56.8 Å². The second-order valence-electron chi connectivity index (χ2n) is 8.41. The number of aromatic carboxylic acids is 2. The van der Waals surface area contributed by atoms with E-state index in [1.807, 2.05) is 0 Å². The zero-order valence-electron chi connectivity index (χ0n) is 25.5. The first-order valence-electron chi connectivity index (χ1n) is 11.7. The number of carboxylic acid groups (broad SMARTS) is 2. The average Bonchev–Trinajstić information content (AvgIpc) is 2.98. The van der Waals surface area contributed by atoms with Crippen molar-refractivity contribution in [2.24, 2.45) is 20.5 Å². The van der Waals surface area contributed by atoms with Crippen LogP contribution in [0.4, 0.5) is 22.7 Å². The van der Waals surface area contributed by atoms with Gasteiger partial charge in [-0.3, -0.25) is 5.04 Å². The summed E-state index contributed by atoms with van der Waals surface area (Å²) in [6.07, 6.45) is 0. The van der Waals surface area contributed by atoms with Gasteiger partial charge in [0.2, 0.25) is 0 Å². The van der Waals surface area contributed by atoms with Crippen molar-refractivity contribution in [1.82, 2.24) is 0 Å². The fourth-order valence-corrected chi connectivity index (χ4v) is 4.90. The van der Waals surface area contributed by atoms with Crippen molar-refractivity contribution in [3.8, 4) is 22.6 Å². The topological polar surface area (TPSA) is 269 Å². The molecule has 0 amide bonds. The van der Waals surface area contributed by atoms with Gasteiger partial charge in [-0.05, 0) is 66.2 Å². The van der Waals surface area contributed by atoms with E-state index in [1.54, 1.807) is 0 Å². The van der Waals surface area contributed by atoms with Crippen molar-refractivity contribution in [3.63, 3.8) is 0 Å². The molecule has 0 unspecified atom stereocenters. The van der Waals surface area contributed by atoms with Crippen LogP contribution in [0, 0.1) is 0 Å².